The maximum Gasteiger partial charge on any atom is 0.00490 e. The number of hydrogen-bond acceptors (Lipinski definition) is 2. The number of aryl methyl sites for hydroxylation is 3. The van der Waals surface area contributed by atoms with E-state index in [1.165, 1.54) is 29.0 Å². The third-order valence-corrected chi connectivity index (χ3v) is 3.27. The first-order valence-corrected chi connectivity index (χ1v) is 5.76. The van der Waals surface area contributed by atoms with Crippen LogP contribution >= 0.6 is 11.3 Å². The summed E-state index contributed by atoms with van der Waals surface area (Å²) < 4.78 is 0. The molecule has 0 radical (unpaired) electrons. The van der Waals surface area contributed by atoms with E-state index in [0.29, 0.717) is 0 Å². The molecule has 0 spiro atoms. The van der Waals surface area contributed by atoms with E-state index in [1.54, 1.807) is 5.56 Å². The van der Waals surface area contributed by atoms with Crippen molar-refractivity contribution < 1.29 is 0 Å². The van der Waals surface area contributed by atoms with Crippen molar-refractivity contribution in [2.45, 2.75) is 33.1 Å². The average molecular weight is 197 g/mol. The molecule has 74 valence electrons. The molecule has 1 heterocycles. The van der Waals surface area contributed by atoms with E-state index in [9.17, 15) is 0 Å². The van der Waals surface area contributed by atoms with Gasteiger partial charge < -0.3 is 5.32 Å². The molecule has 0 unspecified atom stereocenters. The molecule has 0 saturated heterocycles. The second kappa shape index (κ2) is 5.40. The van der Waals surface area contributed by atoms with Gasteiger partial charge in [0.1, 0.15) is 0 Å². The van der Waals surface area contributed by atoms with E-state index in [-0.39, 0.29) is 0 Å². The van der Waals surface area contributed by atoms with Crippen LogP contribution in [0.4, 0.5) is 0 Å². The summed E-state index contributed by atoms with van der Waals surface area (Å²) in [5.41, 5.74) is 1.55. The van der Waals surface area contributed by atoms with Gasteiger partial charge in [-0.3, -0.25) is 0 Å². The Morgan fingerprint density at radius 1 is 1.31 bits per heavy atom. The van der Waals surface area contributed by atoms with Crippen LogP contribution in [0, 0.1) is 13.8 Å². The van der Waals surface area contributed by atoms with Gasteiger partial charge in [-0.1, -0.05) is 0 Å². The molecule has 0 atom stereocenters. The van der Waals surface area contributed by atoms with Gasteiger partial charge in [-0.15, -0.1) is 11.3 Å². The number of unbranched alkanes of at least 4 members (excludes halogenated alkanes) is 1. The normalized spacial score (nSPS) is 10.7. The standard InChI is InChI=1S/C11H19NS/c1-9-8-11(10(2)13-9)6-4-5-7-12-3/h8,12H,4-7H2,1-3H3. The van der Waals surface area contributed by atoms with Gasteiger partial charge in [-0.2, -0.15) is 0 Å². The van der Waals surface area contributed by atoms with E-state index < -0.39 is 0 Å². The predicted octanol–water partition coefficient (Wildman–Crippen LogP) is 2.91. The van der Waals surface area contributed by atoms with Crippen LogP contribution in [-0.4, -0.2) is 13.6 Å². The maximum absolute atomic E-state index is 3.18. The Morgan fingerprint density at radius 3 is 2.62 bits per heavy atom. The predicted molar refractivity (Wildman–Crippen MR) is 60.7 cm³/mol. The van der Waals surface area contributed by atoms with Crippen molar-refractivity contribution in [3.63, 3.8) is 0 Å². The van der Waals surface area contributed by atoms with Crippen LogP contribution in [-0.2, 0) is 6.42 Å². The summed E-state index contributed by atoms with van der Waals surface area (Å²) in [5, 5.41) is 3.18. The molecule has 2 heteroatoms. The Balaban J connectivity index is 2.32. The third kappa shape index (κ3) is 3.49. The molecule has 0 bridgehead atoms. The van der Waals surface area contributed by atoms with Crippen molar-refractivity contribution >= 4 is 11.3 Å². The fourth-order valence-corrected chi connectivity index (χ4v) is 2.53. The number of thiophene rings is 1. The Kier molecular flexibility index (Phi) is 4.46. The van der Waals surface area contributed by atoms with Crippen molar-refractivity contribution in [3.05, 3.63) is 21.4 Å². The Labute approximate surface area is 85.2 Å². The summed E-state index contributed by atoms with van der Waals surface area (Å²) in [7, 11) is 2.01. The SMILES string of the molecule is CNCCCCc1cc(C)sc1C. The molecule has 1 N–H and O–H groups in total. The molecule has 0 aliphatic heterocycles. The lowest BCUT2D eigenvalue weighted by Crippen LogP contribution is -2.07. The quantitative estimate of drug-likeness (QED) is 0.716. The van der Waals surface area contributed by atoms with Gasteiger partial charge in [0, 0.05) is 9.75 Å². The highest BCUT2D eigenvalue weighted by molar-refractivity contribution is 7.12. The second-order valence-electron chi connectivity index (χ2n) is 3.50. The van der Waals surface area contributed by atoms with Gasteiger partial charge in [0.25, 0.3) is 0 Å². The van der Waals surface area contributed by atoms with E-state index in [4.69, 9.17) is 0 Å². The molecule has 0 fully saturated rings. The molecular weight excluding hydrogens is 178 g/mol. The first kappa shape index (κ1) is 10.7. The molecule has 0 aliphatic carbocycles. The van der Waals surface area contributed by atoms with Crippen LogP contribution in [0.3, 0.4) is 0 Å². The summed E-state index contributed by atoms with van der Waals surface area (Å²) in [6.07, 6.45) is 3.83. The highest BCUT2D eigenvalue weighted by Crippen LogP contribution is 2.21. The molecule has 0 amide bonds. The first-order valence-electron chi connectivity index (χ1n) is 4.94. The van der Waals surface area contributed by atoms with Crippen LogP contribution in [0.1, 0.15) is 28.2 Å². The van der Waals surface area contributed by atoms with Crippen molar-refractivity contribution in [1.29, 1.82) is 0 Å². The second-order valence-corrected chi connectivity index (χ2v) is 4.96. The lowest BCUT2D eigenvalue weighted by atomic mass is 10.1. The van der Waals surface area contributed by atoms with Crippen LogP contribution in [0.2, 0.25) is 0 Å². The van der Waals surface area contributed by atoms with Crippen LogP contribution in [0.15, 0.2) is 6.07 Å². The van der Waals surface area contributed by atoms with E-state index >= 15 is 0 Å². The number of nitrogens with one attached hydrogen (secondary N) is 1. The zero-order chi connectivity index (χ0) is 9.68. The average Bonchev–Trinajstić information content (AvgIpc) is 2.39. The third-order valence-electron chi connectivity index (χ3n) is 2.27. The molecule has 0 saturated carbocycles. The Bertz CT molecular complexity index is 253. The minimum absolute atomic E-state index is 1.14. The molecule has 1 aromatic rings. The monoisotopic (exact) mass is 197 g/mol. The van der Waals surface area contributed by atoms with Gasteiger partial charge in [0.15, 0.2) is 0 Å². The summed E-state index contributed by atoms with van der Waals surface area (Å²) in [5.74, 6) is 0. The molecule has 1 aromatic heterocycles. The van der Waals surface area contributed by atoms with Gasteiger partial charge in [0.05, 0.1) is 0 Å². The van der Waals surface area contributed by atoms with E-state index in [0.717, 1.165) is 6.54 Å². The lowest BCUT2D eigenvalue weighted by Gasteiger charge is -1.99. The minimum Gasteiger partial charge on any atom is -0.320 e. The van der Waals surface area contributed by atoms with Gasteiger partial charge in [0.2, 0.25) is 0 Å². The zero-order valence-electron chi connectivity index (χ0n) is 8.81. The molecule has 1 rings (SSSR count). The zero-order valence-corrected chi connectivity index (χ0v) is 9.63. The van der Waals surface area contributed by atoms with Crippen molar-refractivity contribution in [3.8, 4) is 0 Å². The summed E-state index contributed by atoms with van der Waals surface area (Å²) in [4.78, 5) is 2.95. The molecular formula is C11H19NS. The van der Waals surface area contributed by atoms with E-state index in [1.807, 2.05) is 18.4 Å². The first-order chi connectivity index (χ1) is 6.24. The molecule has 1 nitrogen and oxygen atoms in total. The van der Waals surface area contributed by atoms with Gasteiger partial charge >= 0.3 is 0 Å². The van der Waals surface area contributed by atoms with Crippen molar-refractivity contribution in [2.75, 3.05) is 13.6 Å². The largest absolute Gasteiger partial charge is 0.320 e. The summed E-state index contributed by atoms with van der Waals surface area (Å²) in [6.45, 7) is 5.56. The Morgan fingerprint density at radius 2 is 2.08 bits per heavy atom. The van der Waals surface area contributed by atoms with Gasteiger partial charge in [-0.25, -0.2) is 0 Å². The van der Waals surface area contributed by atoms with Crippen molar-refractivity contribution in [1.82, 2.24) is 5.32 Å². The van der Waals surface area contributed by atoms with E-state index in [2.05, 4.69) is 25.2 Å². The van der Waals surface area contributed by atoms with Crippen LogP contribution < -0.4 is 5.32 Å². The summed E-state index contributed by atoms with van der Waals surface area (Å²) >= 11 is 1.92. The summed E-state index contributed by atoms with van der Waals surface area (Å²) in [6, 6.07) is 2.33. The smallest absolute Gasteiger partial charge is 0.00490 e. The Hall–Kier alpha value is -0.340. The van der Waals surface area contributed by atoms with Gasteiger partial charge in [-0.05, 0) is 58.3 Å². The van der Waals surface area contributed by atoms with Crippen LogP contribution in [0.5, 0.6) is 0 Å². The number of hydrogen-bond donors (Lipinski definition) is 1. The van der Waals surface area contributed by atoms with Crippen LogP contribution in [0.25, 0.3) is 0 Å². The molecule has 0 aliphatic rings. The minimum atomic E-state index is 1.14. The fraction of sp³-hybridized carbons (Fsp3) is 0.636. The molecule has 13 heavy (non-hydrogen) atoms. The number of rotatable bonds is 5. The topological polar surface area (TPSA) is 12.0 Å². The fourth-order valence-electron chi connectivity index (χ4n) is 1.55. The maximum atomic E-state index is 3.18. The highest BCUT2D eigenvalue weighted by Gasteiger charge is 2.01. The lowest BCUT2D eigenvalue weighted by molar-refractivity contribution is 0.677. The highest BCUT2D eigenvalue weighted by atomic mass is 32.1. The van der Waals surface area contributed by atoms with Crippen molar-refractivity contribution in [2.24, 2.45) is 0 Å². The molecule has 0 aromatic carbocycles.